The van der Waals surface area contributed by atoms with Gasteiger partial charge in [0, 0.05) is 18.8 Å². The van der Waals surface area contributed by atoms with Crippen molar-refractivity contribution in [3.05, 3.63) is 47.5 Å². The second-order valence-electron chi connectivity index (χ2n) is 4.39. The van der Waals surface area contributed by atoms with Gasteiger partial charge in [0.15, 0.2) is 0 Å². The Morgan fingerprint density at radius 2 is 1.53 bits per heavy atom. The SMILES string of the molecule is CCN(CC)c1ccc(-c2ccc(O)c(Cl)c2)cc1. The van der Waals surface area contributed by atoms with Gasteiger partial charge in [-0.05, 0) is 49.2 Å². The summed E-state index contributed by atoms with van der Waals surface area (Å²) in [6.45, 7) is 6.30. The molecule has 0 amide bonds. The third-order valence-electron chi connectivity index (χ3n) is 3.28. The highest BCUT2D eigenvalue weighted by atomic mass is 35.5. The highest BCUT2D eigenvalue weighted by molar-refractivity contribution is 6.32. The van der Waals surface area contributed by atoms with Crippen LogP contribution >= 0.6 is 11.6 Å². The molecule has 0 heterocycles. The van der Waals surface area contributed by atoms with E-state index in [-0.39, 0.29) is 5.75 Å². The third-order valence-corrected chi connectivity index (χ3v) is 3.58. The van der Waals surface area contributed by atoms with Gasteiger partial charge in [-0.25, -0.2) is 0 Å². The van der Waals surface area contributed by atoms with Gasteiger partial charge in [0.25, 0.3) is 0 Å². The van der Waals surface area contributed by atoms with Gasteiger partial charge in [0.2, 0.25) is 0 Å². The standard InChI is InChI=1S/C16H18ClNO/c1-3-18(4-2)14-8-5-12(6-9-14)13-7-10-16(19)15(17)11-13/h5-11,19H,3-4H2,1-2H3. The van der Waals surface area contributed by atoms with Gasteiger partial charge < -0.3 is 10.0 Å². The average molecular weight is 276 g/mol. The van der Waals surface area contributed by atoms with Crippen LogP contribution in [0.3, 0.4) is 0 Å². The lowest BCUT2D eigenvalue weighted by atomic mass is 10.0. The molecule has 0 saturated carbocycles. The van der Waals surface area contributed by atoms with Crippen LogP contribution in [0.2, 0.25) is 5.02 Å². The normalized spacial score (nSPS) is 10.5. The molecule has 100 valence electrons. The number of anilines is 1. The van der Waals surface area contributed by atoms with Crippen molar-refractivity contribution < 1.29 is 5.11 Å². The zero-order valence-corrected chi connectivity index (χ0v) is 12.0. The number of phenols is 1. The van der Waals surface area contributed by atoms with Crippen molar-refractivity contribution in [2.75, 3.05) is 18.0 Å². The van der Waals surface area contributed by atoms with Crippen molar-refractivity contribution in [3.63, 3.8) is 0 Å². The molecule has 0 saturated heterocycles. The summed E-state index contributed by atoms with van der Waals surface area (Å²) in [5.41, 5.74) is 3.32. The van der Waals surface area contributed by atoms with Crippen molar-refractivity contribution in [2.45, 2.75) is 13.8 Å². The van der Waals surface area contributed by atoms with Crippen LogP contribution in [0, 0.1) is 0 Å². The van der Waals surface area contributed by atoms with Crippen molar-refractivity contribution in [1.29, 1.82) is 0 Å². The monoisotopic (exact) mass is 275 g/mol. The largest absolute Gasteiger partial charge is 0.506 e. The Balaban J connectivity index is 2.29. The molecule has 0 unspecified atom stereocenters. The van der Waals surface area contributed by atoms with Crippen LogP contribution in [0.4, 0.5) is 5.69 Å². The van der Waals surface area contributed by atoms with E-state index in [1.165, 1.54) is 5.69 Å². The molecule has 2 rings (SSSR count). The van der Waals surface area contributed by atoms with E-state index >= 15 is 0 Å². The quantitative estimate of drug-likeness (QED) is 0.884. The van der Waals surface area contributed by atoms with Gasteiger partial charge in [0.1, 0.15) is 5.75 Å². The Kier molecular flexibility index (Phi) is 4.33. The van der Waals surface area contributed by atoms with Crippen molar-refractivity contribution >= 4 is 17.3 Å². The van der Waals surface area contributed by atoms with E-state index in [0.29, 0.717) is 5.02 Å². The second-order valence-corrected chi connectivity index (χ2v) is 4.79. The van der Waals surface area contributed by atoms with Gasteiger partial charge in [-0.1, -0.05) is 29.8 Å². The number of phenolic OH excluding ortho intramolecular Hbond substituents is 1. The van der Waals surface area contributed by atoms with Crippen LogP contribution in [0.25, 0.3) is 11.1 Å². The van der Waals surface area contributed by atoms with E-state index in [4.69, 9.17) is 11.6 Å². The highest BCUT2D eigenvalue weighted by Crippen LogP contribution is 2.30. The molecule has 0 atom stereocenters. The molecule has 0 aromatic heterocycles. The van der Waals surface area contributed by atoms with E-state index in [1.54, 1.807) is 12.1 Å². The highest BCUT2D eigenvalue weighted by Gasteiger charge is 2.04. The molecule has 2 aromatic carbocycles. The summed E-state index contributed by atoms with van der Waals surface area (Å²) in [4.78, 5) is 2.30. The molecule has 0 aliphatic heterocycles. The molecule has 19 heavy (non-hydrogen) atoms. The Morgan fingerprint density at radius 3 is 2.05 bits per heavy atom. The summed E-state index contributed by atoms with van der Waals surface area (Å²) in [6, 6.07) is 13.7. The molecule has 2 aromatic rings. The fourth-order valence-corrected chi connectivity index (χ4v) is 2.32. The number of nitrogens with zero attached hydrogens (tertiary/aromatic N) is 1. The molecule has 0 aliphatic rings. The molecule has 0 spiro atoms. The summed E-state index contributed by atoms with van der Waals surface area (Å²) in [7, 11) is 0. The minimum absolute atomic E-state index is 0.116. The molecule has 0 radical (unpaired) electrons. The summed E-state index contributed by atoms with van der Waals surface area (Å²) < 4.78 is 0. The third kappa shape index (κ3) is 3.02. The van der Waals surface area contributed by atoms with Crippen molar-refractivity contribution in [3.8, 4) is 16.9 Å². The van der Waals surface area contributed by atoms with Crippen molar-refractivity contribution in [2.24, 2.45) is 0 Å². The summed E-state index contributed by atoms with van der Waals surface area (Å²) in [6.07, 6.45) is 0. The number of halogens is 1. The summed E-state index contributed by atoms with van der Waals surface area (Å²) in [5, 5.41) is 9.81. The molecule has 0 bridgehead atoms. The van der Waals surface area contributed by atoms with Crippen LogP contribution in [0.15, 0.2) is 42.5 Å². The van der Waals surface area contributed by atoms with E-state index in [0.717, 1.165) is 24.2 Å². The fourth-order valence-electron chi connectivity index (χ4n) is 2.14. The van der Waals surface area contributed by atoms with Crippen LogP contribution in [-0.4, -0.2) is 18.2 Å². The minimum atomic E-state index is 0.116. The Hall–Kier alpha value is -1.67. The molecule has 2 nitrogen and oxygen atoms in total. The van der Waals surface area contributed by atoms with Gasteiger partial charge >= 0.3 is 0 Å². The zero-order chi connectivity index (χ0) is 13.8. The molecule has 0 fully saturated rings. The smallest absolute Gasteiger partial charge is 0.134 e. The van der Waals surface area contributed by atoms with E-state index < -0.39 is 0 Å². The summed E-state index contributed by atoms with van der Waals surface area (Å²) in [5.74, 6) is 0.116. The average Bonchev–Trinajstić information content (AvgIpc) is 2.44. The first-order valence-electron chi connectivity index (χ1n) is 6.49. The molecule has 0 aliphatic carbocycles. The molecule has 1 N–H and O–H groups in total. The number of benzene rings is 2. The first kappa shape index (κ1) is 13.8. The Morgan fingerprint density at radius 1 is 0.947 bits per heavy atom. The second kappa shape index (κ2) is 5.98. The van der Waals surface area contributed by atoms with Crippen LogP contribution in [0.1, 0.15) is 13.8 Å². The Bertz CT molecular complexity index is 547. The Labute approximate surface area is 119 Å². The van der Waals surface area contributed by atoms with Crippen LogP contribution in [-0.2, 0) is 0 Å². The van der Waals surface area contributed by atoms with Gasteiger partial charge in [-0.2, -0.15) is 0 Å². The number of hydrogen-bond donors (Lipinski definition) is 1. The maximum absolute atomic E-state index is 9.43. The lowest BCUT2D eigenvalue weighted by molar-refractivity contribution is 0.475. The van der Waals surface area contributed by atoms with Gasteiger partial charge in [-0.3, -0.25) is 0 Å². The van der Waals surface area contributed by atoms with E-state index in [1.807, 2.05) is 6.07 Å². The van der Waals surface area contributed by atoms with Crippen molar-refractivity contribution in [1.82, 2.24) is 0 Å². The lowest BCUT2D eigenvalue weighted by Crippen LogP contribution is -2.21. The number of aromatic hydroxyl groups is 1. The van der Waals surface area contributed by atoms with Crippen LogP contribution in [0.5, 0.6) is 5.75 Å². The molecular weight excluding hydrogens is 258 g/mol. The molecular formula is C16H18ClNO. The van der Waals surface area contributed by atoms with Gasteiger partial charge in [-0.15, -0.1) is 0 Å². The first-order valence-corrected chi connectivity index (χ1v) is 6.87. The predicted molar refractivity (Wildman–Crippen MR) is 82.1 cm³/mol. The van der Waals surface area contributed by atoms with Crippen LogP contribution < -0.4 is 4.90 Å². The number of rotatable bonds is 4. The van der Waals surface area contributed by atoms with Gasteiger partial charge in [0.05, 0.1) is 5.02 Å². The maximum atomic E-state index is 9.43. The summed E-state index contributed by atoms with van der Waals surface area (Å²) >= 11 is 5.93. The maximum Gasteiger partial charge on any atom is 0.134 e. The number of hydrogen-bond acceptors (Lipinski definition) is 2. The van der Waals surface area contributed by atoms with E-state index in [2.05, 4.69) is 43.0 Å². The fraction of sp³-hybridized carbons (Fsp3) is 0.250. The predicted octanol–water partition coefficient (Wildman–Crippen LogP) is 4.56. The minimum Gasteiger partial charge on any atom is -0.506 e. The van der Waals surface area contributed by atoms with E-state index in [9.17, 15) is 5.11 Å². The lowest BCUT2D eigenvalue weighted by Gasteiger charge is -2.21. The zero-order valence-electron chi connectivity index (χ0n) is 11.2. The molecule has 3 heteroatoms. The first-order chi connectivity index (χ1) is 9.15. The topological polar surface area (TPSA) is 23.5 Å².